The van der Waals surface area contributed by atoms with E-state index in [9.17, 15) is 76.2 Å². The number of benzene rings is 4. The minimum Gasteiger partial charge on any atom is -0.478 e. The third kappa shape index (κ3) is 10.8. The fourth-order valence-electron chi connectivity index (χ4n) is 4.82. The van der Waals surface area contributed by atoms with E-state index in [2.05, 4.69) is 9.47 Å². The first-order chi connectivity index (χ1) is 25.4. The number of hydrogen-bond acceptors (Lipinski definition) is 6. The molecular formula is C34H21ClF14O7. The molecule has 0 saturated carbocycles. The lowest BCUT2D eigenvalue weighted by Crippen LogP contribution is -2.18. The van der Waals surface area contributed by atoms with E-state index in [1.54, 1.807) is 0 Å². The monoisotopic (exact) mass is 842 g/mol. The van der Waals surface area contributed by atoms with Crippen molar-refractivity contribution in [2.24, 2.45) is 0 Å². The predicted molar refractivity (Wildman–Crippen MR) is 165 cm³/mol. The first-order valence-corrected chi connectivity index (χ1v) is 15.1. The summed E-state index contributed by atoms with van der Waals surface area (Å²) in [5, 5.41) is 7.99. The minimum absolute atomic E-state index is 0.342. The van der Waals surface area contributed by atoms with Gasteiger partial charge in [-0.2, -0.15) is 26.3 Å². The molecule has 0 radical (unpaired) electrons. The van der Waals surface area contributed by atoms with Gasteiger partial charge in [-0.15, -0.1) is 26.3 Å². The van der Waals surface area contributed by atoms with E-state index in [4.69, 9.17) is 21.1 Å². The van der Waals surface area contributed by atoms with Crippen LogP contribution in [0.2, 0.25) is 0 Å². The Morgan fingerprint density at radius 3 is 1.11 bits per heavy atom. The summed E-state index contributed by atoms with van der Waals surface area (Å²) in [7, 11) is 0. The van der Waals surface area contributed by atoms with E-state index in [0.717, 1.165) is 52.0 Å². The quantitative estimate of drug-likeness (QED) is 0.140. The summed E-state index contributed by atoms with van der Waals surface area (Å²) in [5.74, 6) is -8.49. The number of carboxylic acid groups (broad SMARTS) is 1. The van der Waals surface area contributed by atoms with E-state index in [1.807, 2.05) is 0 Å². The first-order valence-electron chi connectivity index (χ1n) is 14.7. The van der Waals surface area contributed by atoms with Crippen LogP contribution in [0.15, 0.2) is 48.5 Å². The molecule has 7 nitrogen and oxygen atoms in total. The molecular weight excluding hydrogens is 822 g/mol. The lowest BCUT2D eigenvalue weighted by molar-refractivity contribution is -0.276. The molecule has 0 aliphatic heterocycles. The third-order valence-corrected chi connectivity index (χ3v) is 7.56. The molecule has 22 heteroatoms. The van der Waals surface area contributed by atoms with Gasteiger partial charge in [0, 0.05) is 11.1 Å². The zero-order valence-corrected chi connectivity index (χ0v) is 28.9. The van der Waals surface area contributed by atoms with Gasteiger partial charge in [0.05, 0.1) is 16.7 Å². The van der Waals surface area contributed by atoms with Crippen LogP contribution in [-0.4, -0.2) is 29.0 Å². The molecule has 0 aliphatic rings. The van der Waals surface area contributed by atoms with Crippen molar-refractivity contribution >= 4 is 22.8 Å². The van der Waals surface area contributed by atoms with Crippen molar-refractivity contribution in [3.05, 3.63) is 105 Å². The van der Waals surface area contributed by atoms with Crippen molar-refractivity contribution < 1.29 is 95.1 Å². The Morgan fingerprint density at radius 1 is 0.500 bits per heavy atom. The van der Waals surface area contributed by atoms with Gasteiger partial charge in [-0.1, -0.05) is 0 Å². The number of halogens is 15. The highest BCUT2D eigenvalue weighted by atomic mass is 35.5. The predicted octanol–water partition coefficient (Wildman–Crippen LogP) is 12.4. The van der Waals surface area contributed by atoms with Crippen molar-refractivity contribution in [3.63, 3.8) is 0 Å². The van der Waals surface area contributed by atoms with Gasteiger partial charge >= 0.3 is 31.0 Å². The Labute approximate surface area is 309 Å². The molecule has 4 aromatic carbocycles. The van der Waals surface area contributed by atoms with E-state index >= 15 is 0 Å². The molecule has 0 unspecified atom stereocenters. The van der Waals surface area contributed by atoms with Crippen LogP contribution in [0.1, 0.15) is 54.1 Å². The highest BCUT2D eigenvalue weighted by molar-refractivity contribution is 6.68. The van der Waals surface area contributed by atoms with Crippen LogP contribution < -0.4 is 18.9 Å². The van der Waals surface area contributed by atoms with E-state index in [0.29, 0.717) is 24.3 Å². The second kappa shape index (κ2) is 16.3. The van der Waals surface area contributed by atoms with Crippen LogP contribution in [0.3, 0.4) is 0 Å². The molecule has 0 aliphatic carbocycles. The summed E-state index contributed by atoms with van der Waals surface area (Å²) in [6.45, 7) is 4.02. The van der Waals surface area contributed by atoms with Crippen LogP contribution in [0.4, 0.5) is 61.5 Å². The molecule has 0 bridgehead atoms. The third-order valence-electron chi connectivity index (χ3n) is 7.37. The van der Waals surface area contributed by atoms with Gasteiger partial charge in [-0.25, -0.2) is 13.6 Å². The lowest BCUT2D eigenvalue weighted by atomic mass is 10.0. The molecule has 0 aromatic heterocycles. The Morgan fingerprint density at radius 2 is 0.804 bits per heavy atom. The van der Waals surface area contributed by atoms with Crippen LogP contribution in [-0.2, 0) is 12.4 Å². The van der Waals surface area contributed by atoms with Crippen molar-refractivity contribution in [1.82, 2.24) is 0 Å². The normalized spacial score (nSPS) is 12.1. The first kappa shape index (κ1) is 44.9. The number of rotatable bonds is 8. The Bertz CT molecular complexity index is 1990. The fraction of sp³-hybridized carbons (Fsp3) is 0.235. The smallest absolute Gasteiger partial charge is 0.478 e. The maximum absolute atomic E-state index is 14.1. The van der Waals surface area contributed by atoms with E-state index in [1.165, 1.54) is 0 Å². The molecule has 56 heavy (non-hydrogen) atoms. The molecule has 0 amide bonds. The topological polar surface area (TPSA) is 91.3 Å². The Kier molecular flexibility index (Phi) is 13.1. The van der Waals surface area contributed by atoms with Gasteiger partial charge in [0.1, 0.15) is 28.6 Å². The van der Waals surface area contributed by atoms with Gasteiger partial charge in [-0.05, 0) is 99.0 Å². The maximum Gasteiger partial charge on any atom is 0.573 e. The molecule has 4 aromatic rings. The molecule has 0 saturated heterocycles. The molecule has 0 atom stereocenters. The van der Waals surface area contributed by atoms with Crippen molar-refractivity contribution in [2.75, 3.05) is 0 Å². The molecule has 0 heterocycles. The summed E-state index contributed by atoms with van der Waals surface area (Å²) in [6.07, 6.45) is -19.8. The largest absolute Gasteiger partial charge is 0.573 e. The fourth-order valence-corrected chi connectivity index (χ4v) is 5.05. The number of aromatic carboxylic acids is 1. The number of carboxylic acids is 1. The molecule has 0 fully saturated rings. The summed E-state index contributed by atoms with van der Waals surface area (Å²) in [5.41, 5.74) is -5.78. The van der Waals surface area contributed by atoms with Crippen LogP contribution in [0.5, 0.6) is 34.5 Å². The number of carbonyl (C=O) groups is 2. The second-order valence-corrected chi connectivity index (χ2v) is 11.4. The lowest BCUT2D eigenvalue weighted by Gasteiger charge is -2.18. The standard InChI is InChI=1S/C17H10ClF7O3.C17H11F7O4/c1-7-9(16(20,21)22)3-4-11(13(7)15(18)26)27-10-5-6-12(14(19)8(10)2)28-17(23,24)25;1-7-9(16(19,20)21)3-4-11(13(7)15(25)26)27-10-5-6-12(14(18)8(10)2)28-17(22,23)24/h3-6H,1-2H3;3-6H,1-2H3,(H,25,26). The zero-order valence-electron chi connectivity index (χ0n) is 28.2. The van der Waals surface area contributed by atoms with Crippen molar-refractivity contribution in [2.45, 2.75) is 52.8 Å². The van der Waals surface area contributed by atoms with Gasteiger partial charge in [-0.3, -0.25) is 4.79 Å². The number of ether oxygens (including phenoxy) is 4. The molecule has 304 valence electrons. The summed E-state index contributed by atoms with van der Waals surface area (Å²) in [4.78, 5) is 23.0. The SMILES string of the molecule is Cc1c(Oc2ccc(C(F)(F)F)c(C)c2C(=O)Cl)ccc(OC(F)(F)F)c1F.Cc1c(Oc2ccc(C(F)(F)F)c(C)c2C(=O)O)ccc(OC(F)(F)F)c1F. The van der Waals surface area contributed by atoms with Gasteiger partial charge < -0.3 is 24.1 Å². The van der Waals surface area contributed by atoms with Crippen LogP contribution in [0, 0.1) is 39.3 Å². The minimum atomic E-state index is -5.14. The summed E-state index contributed by atoms with van der Waals surface area (Å²) < 4.78 is 197. The maximum atomic E-state index is 14.1. The van der Waals surface area contributed by atoms with Gasteiger partial charge in [0.15, 0.2) is 23.1 Å². The Hall–Kier alpha value is -5.47. The zero-order chi connectivity index (χ0) is 42.9. The van der Waals surface area contributed by atoms with Crippen molar-refractivity contribution in [1.29, 1.82) is 0 Å². The molecule has 1 N–H and O–H groups in total. The Balaban J connectivity index is 0.000000300. The number of hydrogen-bond donors (Lipinski definition) is 1. The summed E-state index contributed by atoms with van der Waals surface area (Å²) >= 11 is 5.37. The molecule has 0 spiro atoms. The van der Waals surface area contributed by atoms with E-state index in [-0.39, 0.29) is 5.75 Å². The second-order valence-electron chi connectivity index (χ2n) is 11.1. The van der Waals surface area contributed by atoms with Crippen molar-refractivity contribution in [3.8, 4) is 34.5 Å². The van der Waals surface area contributed by atoms with Gasteiger partial charge in [0.2, 0.25) is 0 Å². The average Bonchev–Trinajstić information content (AvgIpc) is 3.02. The highest BCUT2D eigenvalue weighted by Crippen LogP contribution is 2.42. The van der Waals surface area contributed by atoms with Crippen LogP contribution in [0.25, 0.3) is 0 Å². The summed E-state index contributed by atoms with van der Waals surface area (Å²) in [6, 6.07) is 5.78. The number of alkyl halides is 12. The average molecular weight is 843 g/mol. The van der Waals surface area contributed by atoms with Gasteiger partial charge in [0.25, 0.3) is 5.24 Å². The molecule has 4 rings (SSSR count). The van der Waals surface area contributed by atoms with E-state index < -0.39 is 121 Å². The highest BCUT2D eigenvalue weighted by Gasteiger charge is 2.37. The van der Waals surface area contributed by atoms with Crippen LogP contribution >= 0.6 is 11.6 Å². The number of carbonyl (C=O) groups excluding carboxylic acids is 1.